The molecule has 0 fully saturated rings. The first-order valence-corrected chi connectivity index (χ1v) is 6.08. The van der Waals surface area contributed by atoms with Crippen molar-refractivity contribution in [2.75, 3.05) is 26.4 Å². The lowest BCUT2D eigenvalue weighted by atomic mass is 10.0. The van der Waals surface area contributed by atoms with Crippen LogP contribution in [0.25, 0.3) is 0 Å². The topological polar surface area (TPSA) is 61.8 Å². The molecule has 0 aromatic heterocycles. The highest BCUT2D eigenvalue weighted by Gasteiger charge is 2.28. The maximum absolute atomic E-state index is 11.6. The van der Waals surface area contributed by atoms with E-state index < -0.39 is 17.9 Å². The Bertz CT molecular complexity index is 209. The Morgan fingerprint density at radius 1 is 0.941 bits per heavy atom. The van der Waals surface area contributed by atoms with Gasteiger partial charge in [-0.25, -0.2) is 0 Å². The zero-order valence-corrected chi connectivity index (χ0v) is 10.9. The van der Waals surface area contributed by atoms with Gasteiger partial charge in [-0.05, 0) is 33.6 Å². The van der Waals surface area contributed by atoms with Crippen LogP contribution in [0.1, 0.15) is 33.6 Å². The molecule has 0 saturated heterocycles. The molecule has 0 rings (SSSR count). The summed E-state index contributed by atoms with van der Waals surface area (Å²) in [4.78, 5) is 23.1. The zero-order chi connectivity index (χ0) is 13.1. The second kappa shape index (κ2) is 10.1. The molecule has 0 aliphatic carbocycles. The molecule has 0 unspecified atom stereocenters. The third-order valence-corrected chi connectivity index (χ3v) is 2.13. The second-order valence-electron chi connectivity index (χ2n) is 3.40. The summed E-state index contributed by atoms with van der Waals surface area (Å²) >= 11 is 0. The summed E-state index contributed by atoms with van der Waals surface area (Å²) in [6.45, 7) is 7.00. The van der Waals surface area contributed by atoms with Crippen molar-refractivity contribution in [1.29, 1.82) is 0 Å². The summed E-state index contributed by atoms with van der Waals surface area (Å²) in [5, 5.41) is 0. The van der Waals surface area contributed by atoms with Crippen LogP contribution in [0, 0.1) is 5.92 Å². The van der Waals surface area contributed by atoms with Crippen LogP contribution < -0.4 is 0 Å². The van der Waals surface area contributed by atoms with E-state index in [0.29, 0.717) is 26.1 Å². The van der Waals surface area contributed by atoms with Crippen LogP contribution >= 0.6 is 0 Å². The molecule has 17 heavy (non-hydrogen) atoms. The van der Waals surface area contributed by atoms with E-state index in [0.717, 1.165) is 0 Å². The average molecular weight is 246 g/mol. The molecule has 0 aromatic rings. The van der Waals surface area contributed by atoms with Gasteiger partial charge in [0.05, 0.1) is 13.2 Å². The average Bonchev–Trinajstić information content (AvgIpc) is 2.29. The van der Waals surface area contributed by atoms with E-state index in [1.165, 1.54) is 0 Å². The lowest BCUT2D eigenvalue weighted by molar-refractivity contribution is -0.162. The first kappa shape index (κ1) is 15.9. The lowest BCUT2D eigenvalue weighted by Gasteiger charge is -2.13. The van der Waals surface area contributed by atoms with Gasteiger partial charge in [-0.2, -0.15) is 0 Å². The normalized spacial score (nSPS) is 10.4. The largest absolute Gasteiger partial charge is 0.465 e. The number of carbonyl (C=O) groups is 2. The van der Waals surface area contributed by atoms with E-state index in [4.69, 9.17) is 14.2 Å². The van der Waals surface area contributed by atoms with Crippen LogP contribution in [0.15, 0.2) is 0 Å². The Kier molecular flexibility index (Phi) is 9.43. The summed E-state index contributed by atoms with van der Waals surface area (Å²) in [6, 6.07) is 0. The predicted molar refractivity (Wildman–Crippen MR) is 62.5 cm³/mol. The van der Waals surface area contributed by atoms with E-state index in [9.17, 15) is 9.59 Å². The van der Waals surface area contributed by atoms with Gasteiger partial charge in [0.25, 0.3) is 0 Å². The molecule has 0 saturated carbocycles. The van der Waals surface area contributed by atoms with E-state index >= 15 is 0 Å². The van der Waals surface area contributed by atoms with Gasteiger partial charge in [-0.1, -0.05) is 0 Å². The summed E-state index contributed by atoms with van der Waals surface area (Å²) < 4.78 is 14.9. The summed E-state index contributed by atoms with van der Waals surface area (Å²) in [6.07, 6.45) is 1.04. The molecule has 0 spiro atoms. The minimum absolute atomic E-state index is 0.264. The fraction of sp³-hybridized carbons (Fsp3) is 0.833. The van der Waals surface area contributed by atoms with Crippen molar-refractivity contribution < 1.29 is 23.8 Å². The molecule has 0 aliphatic rings. The van der Waals surface area contributed by atoms with Crippen LogP contribution in [0.5, 0.6) is 0 Å². The van der Waals surface area contributed by atoms with E-state index in [1.807, 2.05) is 6.92 Å². The third kappa shape index (κ3) is 6.94. The van der Waals surface area contributed by atoms with Gasteiger partial charge in [0.1, 0.15) is 0 Å². The van der Waals surface area contributed by atoms with Crippen molar-refractivity contribution in [3.8, 4) is 0 Å². The fourth-order valence-electron chi connectivity index (χ4n) is 1.35. The van der Waals surface area contributed by atoms with Gasteiger partial charge >= 0.3 is 11.9 Å². The molecule has 5 nitrogen and oxygen atoms in total. The zero-order valence-electron chi connectivity index (χ0n) is 10.9. The molecule has 0 bridgehead atoms. The van der Waals surface area contributed by atoms with Gasteiger partial charge in [-0.3, -0.25) is 9.59 Å². The smallest absolute Gasteiger partial charge is 0.320 e. The van der Waals surface area contributed by atoms with Gasteiger partial charge in [-0.15, -0.1) is 0 Å². The summed E-state index contributed by atoms with van der Waals surface area (Å²) in [5.74, 6) is -1.85. The Labute approximate surface area is 102 Å². The first-order chi connectivity index (χ1) is 8.17. The van der Waals surface area contributed by atoms with Crippen molar-refractivity contribution >= 4 is 11.9 Å². The lowest BCUT2D eigenvalue weighted by Crippen LogP contribution is -2.28. The Morgan fingerprint density at radius 3 is 1.88 bits per heavy atom. The SMILES string of the molecule is CCOCCCC(C(=O)OCC)C(=O)OCC. The van der Waals surface area contributed by atoms with E-state index in [-0.39, 0.29) is 13.2 Å². The highest BCUT2D eigenvalue weighted by atomic mass is 16.6. The summed E-state index contributed by atoms with van der Waals surface area (Å²) in [7, 11) is 0. The fourth-order valence-corrected chi connectivity index (χ4v) is 1.35. The van der Waals surface area contributed by atoms with Gasteiger partial charge < -0.3 is 14.2 Å². The van der Waals surface area contributed by atoms with Crippen molar-refractivity contribution in [2.24, 2.45) is 5.92 Å². The first-order valence-electron chi connectivity index (χ1n) is 6.08. The maximum Gasteiger partial charge on any atom is 0.320 e. The van der Waals surface area contributed by atoms with Gasteiger partial charge in [0.15, 0.2) is 5.92 Å². The van der Waals surface area contributed by atoms with Crippen LogP contribution in [-0.2, 0) is 23.8 Å². The number of hydrogen-bond acceptors (Lipinski definition) is 5. The molecule has 0 atom stereocenters. The molecular formula is C12H22O5. The number of rotatable bonds is 9. The molecule has 0 heterocycles. The maximum atomic E-state index is 11.6. The molecule has 0 radical (unpaired) electrons. The van der Waals surface area contributed by atoms with Crippen LogP contribution in [-0.4, -0.2) is 38.4 Å². The summed E-state index contributed by atoms with van der Waals surface area (Å²) in [5.41, 5.74) is 0. The van der Waals surface area contributed by atoms with Gasteiger partial charge in [0, 0.05) is 13.2 Å². The van der Waals surface area contributed by atoms with E-state index in [2.05, 4.69) is 0 Å². The Hall–Kier alpha value is -1.10. The molecule has 5 heteroatoms. The van der Waals surface area contributed by atoms with Gasteiger partial charge in [0.2, 0.25) is 0 Å². The minimum atomic E-state index is -0.824. The quantitative estimate of drug-likeness (QED) is 0.351. The molecule has 0 aliphatic heterocycles. The molecule has 0 N–H and O–H groups in total. The Morgan fingerprint density at radius 2 is 1.47 bits per heavy atom. The molecule has 0 aromatic carbocycles. The van der Waals surface area contributed by atoms with Crippen LogP contribution in [0.3, 0.4) is 0 Å². The van der Waals surface area contributed by atoms with Crippen LogP contribution in [0.2, 0.25) is 0 Å². The minimum Gasteiger partial charge on any atom is -0.465 e. The number of esters is 2. The Balaban J connectivity index is 4.19. The number of hydrogen-bond donors (Lipinski definition) is 0. The predicted octanol–water partition coefficient (Wildman–Crippen LogP) is 1.55. The third-order valence-electron chi connectivity index (χ3n) is 2.13. The number of ether oxygens (including phenoxy) is 3. The van der Waals surface area contributed by atoms with E-state index in [1.54, 1.807) is 13.8 Å². The molecule has 0 amide bonds. The number of carbonyl (C=O) groups excluding carboxylic acids is 2. The van der Waals surface area contributed by atoms with Crippen molar-refractivity contribution in [3.63, 3.8) is 0 Å². The second-order valence-corrected chi connectivity index (χ2v) is 3.40. The monoisotopic (exact) mass is 246 g/mol. The van der Waals surface area contributed by atoms with Crippen molar-refractivity contribution in [1.82, 2.24) is 0 Å². The highest BCUT2D eigenvalue weighted by Crippen LogP contribution is 2.11. The van der Waals surface area contributed by atoms with Crippen molar-refractivity contribution in [2.45, 2.75) is 33.6 Å². The molecule has 100 valence electrons. The highest BCUT2D eigenvalue weighted by molar-refractivity contribution is 5.94. The molecular weight excluding hydrogens is 224 g/mol. The van der Waals surface area contributed by atoms with Crippen molar-refractivity contribution in [3.05, 3.63) is 0 Å². The van der Waals surface area contributed by atoms with Crippen LogP contribution in [0.4, 0.5) is 0 Å². The standard InChI is InChI=1S/C12H22O5/c1-4-15-9-7-8-10(11(13)16-5-2)12(14)17-6-3/h10H,4-9H2,1-3H3.